The molecule has 332 valence electrons. The Morgan fingerprint density at radius 2 is 1.48 bits per heavy atom. The molecule has 0 radical (unpaired) electrons. The number of H-pyrrole nitrogens is 2. The first-order chi connectivity index (χ1) is 31.6. The summed E-state index contributed by atoms with van der Waals surface area (Å²) < 4.78 is 9.70. The van der Waals surface area contributed by atoms with Gasteiger partial charge in [0.05, 0.1) is 43.9 Å². The van der Waals surface area contributed by atoms with Crippen molar-refractivity contribution < 1.29 is 28.7 Å². The first kappa shape index (κ1) is 44.0. The molecule has 4 N–H and O–H groups in total. The molecule has 65 heavy (non-hydrogen) atoms. The van der Waals surface area contributed by atoms with Gasteiger partial charge in [-0.3, -0.25) is 9.59 Å². The maximum Gasteiger partial charge on any atom is 0.407 e. The van der Waals surface area contributed by atoms with Gasteiger partial charge < -0.3 is 39.9 Å². The molecule has 1 fully saturated rings. The number of aromatic nitrogens is 4. The molecule has 0 unspecified atom stereocenters. The van der Waals surface area contributed by atoms with Gasteiger partial charge in [0, 0.05) is 35.5 Å². The van der Waals surface area contributed by atoms with Gasteiger partial charge in [-0.25, -0.2) is 19.6 Å². The van der Waals surface area contributed by atoms with Gasteiger partial charge in [-0.2, -0.15) is 0 Å². The highest BCUT2D eigenvalue weighted by atomic mass is 16.5. The van der Waals surface area contributed by atoms with E-state index < -0.39 is 30.3 Å². The zero-order valence-electron chi connectivity index (χ0n) is 36.9. The van der Waals surface area contributed by atoms with Crippen LogP contribution in [0.15, 0.2) is 109 Å². The molecule has 8 rings (SSSR count). The van der Waals surface area contributed by atoms with Crippen LogP contribution in [0.1, 0.15) is 102 Å². The molecule has 3 heterocycles. The first-order valence-corrected chi connectivity index (χ1v) is 21.9. The van der Waals surface area contributed by atoms with E-state index in [1.54, 1.807) is 16.0 Å². The first-order valence-electron chi connectivity index (χ1n) is 21.9. The summed E-state index contributed by atoms with van der Waals surface area (Å²) in [6, 6.07) is 30.1. The molecule has 1 aliphatic carbocycles. The van der Waals surface area contributed by atoms with Crippen molar-refractivity contribution >= 4 is 24.0 Å². The molecule has 2 aliphatic rings. The summed E-state index contributed by atoms with van der Waals surface area (Å²) in [5.74, 6) is 7.57. The number of amides is 4. The van der Waals surface area contributed by atoms with Crippen molar-refractivity contribution in [2.45, 2.75) is 70.1 Å². The van der Waals surface area contributed by atoms with Gasteiger partial charge in [-0.15, -0.1) is 0 Å². The highest BCUT2D eigenvalue weighted by Crippen LogP contribution is 2.36. The van der Waals surface area contributed by atoms with Crippen LogP contribution >= 0.6 is 0 Å². The summed E-state index contributed by atoms with van der Waals surface area (Å²) in [5.41, 5.74) is 8.96. The third-order valence-electron chi connectivity index (χ3n) is 12.1. The highest BCUT2D eigenvalue weighted by Gasteiger charge is 2.37. The van der Waals surface area contributed by atoms with Crippen LogP contribution in [0, 0.1) is 11.8 Å². The molecule has 1 saturated heterocycles. The second kappa shape index (κ2) is 19.8. The van der Waals surface area contributed by atoms with Crippen LogP contribution < -0.4 is 10.6 Å². The van der Waals surface area contributed by atoms with Gasteiger partial charge in [-0.1, -0.05) is 97.6 Å². The number of carbonyl (C=O) groups is 4. The van der Waals surface area contributed by atoms with E-state index in [1.807, 2.05) is 105 Å². The van der Waals surface area contributed by atoms with Gasteiger partial charge >= 0.3 is 12.2 Å². The zero-order valence-corrected chi connectivity index (χ0v) is 36.9. The van der Waals surface area contributed by atoms with Crippen LogP contribution in [0.25, 0.3) is 22.5 Å². The number of benzene rings is 4. The van der Waals surface area contributed by atoms with E-state index in [2.05, 4.69) is 44.6 Å². The quantitative estimate of drug-likeness (QED) is 0.0893. The lowest BCUT2D eigenvalue weighted by Crippen LogP contribution is -2.44. The Morgan fingerprint density at radius 1 is 0.831 bits per heavy atom. The Morgan fingerprint density at radius 3 is 2.15 bits per heavy atom. The number of nitrogens with zero attached hydrogens (tertiary/aromatic N) is 4. The molecule has 4 aromatic carbocycles. The fraction of sp³-hybridized carbons (Fsp3) is 0.294. The smallest absolute Gasteiger partial charge is 0.407 e. The minimum Gasteiger partial charge on any atom is -0.453 e. The Hall–Kier alpha value is -7.66. The van der Waals surface area contributed by atoms with Gasteiger partial charge in [0.15, 0.2) is 0 Å². The van der Waals surface area contributed by atoms with Crippen LogP contribution in [0.5, 0.6) is 0 Å². The number of nitrogens with one attached hydrogen (secondary N) is 4. The van der Waals surface area contributed by atoms with Gasteiger partial charge in [0.25, 0.3) is 11.8 Å². The average molecular weight is 873 g/mol. The monoisotopic (exact) mass is 872 g/mol. The van der Waals surface area contributed by atoms with E-state index in [0.717, 1.165) is 77.0 Å². The number of rotatable bonds is 12. The van der Waals surface area contributed by atoms with Crippen molar-refractivity contribution in [3.8, 4) is 34.4 Å². The SMILES string of the molecule is CCCN(C(=O)[C@H](NC(=O)OC)c1ccccc1)[C@@H](C)c1nc2c([nH]1)CCc1cc(C#Cc3ccc(-c4cnc([C@@H]5CCCN5C(=O)[C@H](NC(=O)OC)c5ccccc5)[nH]4)cc3)ccc1-2. The lowest BCUT2D eigenvalue weighted by Gasteiger charge is -2.31. The summed E-state index contributed by atoms with van der Waals surface area (Å²) in [5, 5.41) is 5.44. The molecule has 2 aromatic heterocycles. The van der Waals surface area contributed by atoms with E-state index >= 15 is 0 Å². The number of aromatic amines is 2. The maximum atomic E-state index is 14.2. The van der Waals surface area contributed by atoms with Crippen molar-refractivity contribution in [2.75, 3.05) is 27.3 Å². The Kier molecular flexibility index (Phi) is 13.4. The maximum absolute atomic E-state index is 14.2. The highest BCUT2D eigenvalue weighted by molar-refractivity contribution is 5.88. The largest absolute Gasteiger partial charge is 0.453 e. The van der Waals surface area contributed by atoms with Gasteiger partial charge in [0.2, 0.25) is 0 Å². The van der Waals surface area contributed by atoms with Crippen LogP contribution in [-0.2, 0) is 31.9 Å². The van der Waals surface area contributed by atoms with E-state index in [1.165, 1.54) is 14.2 Å². The zero-order chi connectivity index (χ0) is 45.5. The minimum atomic E-state index is -0.918. The van der Waals surface area contributed by atoms with Gasteiger partial charge in [-0.05, 0) is 85.5 Å². The fourth-order valence-electron chi connectivity index (χ4n) is 8.68. The molecular formula is C51H52N8O6. The molecular weight excluding hydrogens is 821 g/mol. The van der Waals surface area contributed by atoms with E-state index in [9.17, 15) is 19.2 Å². The molecule has 6 aromatic rings. The van der Waals surface area contributed by atoms with Crippen LogP contribution in [0.2, 0.25) is 0 Å². The average Bonchev–Trinajstić information content (AvgIpc) is 4.14. The summed E-state index contributed by atoms with van der Waals surface area (Å²) >= 11 is 0. The Balaban J connectivity index is 0.942. The third kappa shape index (κ3) is 9.64. The summed E-state index contributed by atoms with van der Waals surface area (Å²) in [4.78, 5) is 72.9. The number of hydrogen-bond donors (Lipinski definition) is 4. The van der Waals surface area contributed by atoms with Crippen LogP contribution in [0.4, 0.5) is 9.59 Å². The number of likely N-dealkylation sites (tertiary alicyclic amines) is 1. The lowest BCUT2D eigenvalue weighted by atomic mass is 9.91. The van der Waals surface area contributed by atoms with E-state index in [0.29, 0.717) is 35.9 Å². The number of imidazole rings is 2. The molecule has 0 saturated carbocycles. The van der Waals surface area contributed by atoms with Crippen LogP contribution in [-0.4, -0.2) is 81.0 Å². The molecule has 14 heteroatoms. The Labute approximate surface area is 378 Å². The van der Waals surface area contributed by atoms with E-state index in [4.69, 9.17) is 19.4 Å². The summed E-state index contributed by atoms with van der Waals surface area (Å²) in [7, 11) is 2.56. The molecule has 4 atom stereocenters. The van der Waals surface area contributed by atoms with Crippen molar-refractivity contribution in [1.82, 2.24) is 40.4 Å². The standard InChI is InChI=1S/C51H52N8O6/c1-5-28-58(48(60)43(56-50(62)64-3)36-13-8-6-9-14-36)32(2)46-53-40-27-25-38-30-34(22-26-39(38)45(40)55-46)19-18-33-20-23-35(24-21-33)41-31-52-47(54-41)42-17-12-29-59(42)49(61)44(57-51(63)65-4)37-15-10-7-11-16-37/h6-11,13-16,20-24,26,30-32,42-44H,5,12,17,25,27-29H2,1-4H3,(H,52,54)(H,53,55)(H,56,62)(H,57,63)/t32-,42-,43+,44+/m0/s1. The van der Waals surface area contributed by atoms with Gasteiger partial charge in [0.1, 0.15) is 23.7 Å². The van der Waals surface area contributed by atoms with Crippen molar-refractivity contribution in [3.05, 3.63) is 154 Å². The number of methoxy groups -OCH3 is 2. The van der Waals surface area contributed by atoms with Crippen molar-refractivity contribution in [2.24, 2.45) is 0 Å². The summed E-state index contributed by atoms with van der Waals surface area (Å²) in [6.45, 7) is 5.00. The normalized spacial score (nSPS) is 15.3. The molecule has 0 spiro atoms. The van der Waals surface area contributed by atoms with Crippen molar-refractivity contribution in [3.63, 3.8) is 0 Å². The predicted octanol–water partition coefficient (Wildman–Crippen LogP) is 8.12. The van der Waals surface area contributed by atoms with Crippen LogP contribution in [0.3, 0.4) is 0 Å². The lowest BCUT2D eigenvalue weighted by molar-refractivity contribution is -0.136. The third-order valence-corrected chi connectivity index (χ3v) is 12.1. The molecule has 14 nitrogen and oxygen atoms in total. The number of hydrogen-bond acceptors (Lipinski definition) is 8. The summed E-state index contributed by atoms with van der Waals surface area (Å²) in [6.07, 6.45) is 4.29. The predicted molar refractivity (Wildman–Crippen MR) is 245 cm³/mol. The van der Waals surface area contributed by atoms with E-state index in [-0.39, 0.29) is 17.9 Å². The number of alkyl carbamates (subject to hydrolysis) is 2. The molecule has 0 bridgehead atoms. The second-order valence-electron chi connectivity index (χ2n) is 16.2. The topological polar surface area (TPSA) is 175 Å². The molecule has 4 amide bonds. The van der Waals surface area contributed by atoms with Crippen molar-refractivity contribution in [1.29, 1.82) is 0 Å². The Bertz CT molecular complexity index is 2720. The molecule has 1 aliphatic heterocycles. The fourth-order valence-corrected chi connectivity index (χ4v) is 8.68. The minimum absolute atomic E-state index is 0.219. The second-order valence-corrected chi connectivity index (χ2v) is 16.2. The number of ether oxygens (including phenoxy) is 2. The number of carbonyl (C=O) groups excluding carboxylic acids is 4. The number of fused-ring (bicyclic) bond motifs is 3. The number of aryl methyl sites for hydroxylation is 2.